The number of aromatic nitrogens is 2. The Labute approximate surface area is 104 Å². The van der Waals surface area contributed by atoms with Gasteiger partial charge in [-0.2, -0.15) is 5.10 Å². The van der Waals surface area contributed by atoms with E-state index in [0.717, 1.165) is 12.0 Å². The van der Waals surface area contributed by atoms with Gasteiger partial charge in [0.2, 0.25) is 0 Å². The molecule has 2 saturated carbocycles. The van der Waals surface area contributed by atoms with E-state index in [2.05, 4.69) is 30.8 Å². The average molecular weight is 233 g/mol. The predicted octanol–water partition coefficient (Wildman–Crippen LogP) is 2.51. The van der Waals surface area contributed by atoms with Gasteiger partial charge in [-0.1, -0.05) is 0 Å². The van der Waals surface area contributed by atoms with Crippen molar-refractivity contribution >= 4 is 0 Å². The molecule has 1 aromatic heterocycles. The van der Waals surface area contributed by atoms with Crippen molar-refractivity contribution in [3.63, 3.8) is 0 Å². The van der Waals surface area contributed by atoms with Crippen LogP contribution in [0.4, 0.5) is 0 Å². The molecule has 0 spiro atoms. The Bertz CT molecular complexity index is 417. The van der Waals surface area contributed by atoms with Crippen molar-refractivity contribution in [3.05, 3.63) is 17.0 Å². The molecule has 2 atom stereocenters. The van der Waals surface area contributed by atoms with E-state index in [1.165, 1.54) is 49.2 Å². The summed E-state index contributed by atoms with van der Waals surface area (Å²) in [6.07, 6.45) is 5.44. The van der Waals surface area contributed by atoms with E-state index in [0.29, 0.717) is 6.04 Å². The summed E-state index contributed by atoms with van der Waals surface area (Å²) in [7, 11) is 0. The highest BCUT2D eigenvalue weighted by Gasteiger charge is 2.35. The summed E-state index contributed by atoms with van der Waals surface area (Å²) < 4.78 is 2.29. The van der Waals surface area contributed by atoms with Gasteiger partial charge in [0.05, 0.1) is 11.7 Å². The maximum absolute atomic E-state index is 4.71. The van der Waals surface area contributed by atoms with Crippen LogP contribution in [0.25, 0.3) is 0 Å². The Morgan fingerprint density at radius 3 is 2.41 bits per heavy atom. The fraction of sp³-hybridized carbons (Fsp3) is 0.786. The van der Waals surface area contributed by atoms with Gasteiger partial charge in [0, 0.05) is 18.3 Å². The van der Waals surface area contributed by atoms with Gasteiger partial charge in [-0.05, 0) is 57.9 Å². The zero-order valence-electron chi connectivity index (χ0n) is 11.2. The van der Waals surface area contributed by atoms with Gasteiger partial charge in [-0.25, -0.2) is 0 Å². The number of hydrogen-bond acceptors (Lipinski definition) is 2. The monoisotopic (exact) mass is 233 g/mol. The molecule has 0 saturated heterocycles. The first-order valence-corrected chi connectivity index (χ1v) is 6.92. The molecule has 3 heteroatoms. The topological polar surface area (TPSA) is 29.9 Å². The molecular formula is C14H23N3. The van der Waals surface area contributed by atoms with E-state index in [1.54, 1.807) is 0 Å². The van der Waals surface area contributed by atoms with Gasteiger partial charge in [0.25, 0.3) is 0 Å². The van der Waals surface area contributed by atoms with Crippen molar-refractivity contribution in [2.45, 2.75) is 58.5 Å². The van der Waals surface area contributed by atoms with Gasteiger partial charge >= 0.3 is 0 Å². The lowest BCUT2D eigenvalue weighted by Crippen LogP contribution is -2.38. The molecule has 2 aliphatic carbocycles. The second-order valence-corrected chi connectivity index (χ2v) is 5.83. The summed E-state index contributed by atoms with van der Waals surface area (Å²) in [5.41, 5.74) is 3.93. The molecule has 94 valence electrons. The lowest BCUT2D eigenvalue weighted by molar-refractivity contribution is 0.160. The summed E-state index contributed by atoms with van der Waals surface area (Å²) in [6, 6.07) is 1.48. The van der Waals surface area contributed by atoms with Gasteiger partial charge < -0.3 is 5.32 Å². The molecule has 1 aromatic rings. The largest absolute Gasteiger partial charge is 0.314 e. The molecule has 1 N–H and O–H groups in total. The van der Waals surface area contributed by atoms with Crippen molar-refractivity contribution in [3.8, 4) is 0 Å². The van der Waals surface area contributed by atoms with Crippen molar-refractivity contribution in [1.82, 2.24) is 15.1 Å². The number of hydrogen-bond donors (Lipinski definition) is 1. The van der Waals surface area contributed by atoms with Gasteiger partial charge in [-0.3, -0.25) is 4.68 Å². The third-order valence-corrected chi connectivity index (χ3v) is 4.62. The molecular weight excluding hydrogens is 210 g/mol. The van der Waals surface area contributed by atoms with Crippen LogP contribution >= 0.6 is 0 Å². The van der Waals surface area contributed by atoms with E-state index in [9.17, 15) is 0 Å². The molecule has 0 radical (unpaired) electrons. The summed E-state index contributed by atoms with van der Waals surface area (Å²) in [5.74, 6) is 0.799. The maximum Gasteiger partial charge on any atom is 0.0625 e. The van der Waals surface area contributed by atoms with Crippen LogP contribution in [0.5, 0.6) is 0 Å². The fourth-order valence-corrected chi connectivity index (χ4v) is 2.79. The molecule has 0 aliphatic heterocycles. The van der Waals surface area contributed by atoms with Crippen LogP contribution in [0.1, 0.15) is 48.7 Å². The molecule has 2 aliphatic rings. The molecule has 0 bridgehead atoms. The van der Waals surface area contributed by atoms with E-state index >= 15 is 0 Å². The third kappa shape index (κ3) is 2.01. The number of rotatable bonds is 4. The highest BCUT2D eigenvalue weighted by atomic mass is 15.3. The Hall–Kier alpha value is -0.830. The van der Waals surface area contributed by atoms with E-state index in [4.69, 9.17) is 5.10 Å². The smallest absolute Gasteiger partial charge is 0.0625 e. The number of nitrogens with one attached hydrogen (secondary N) is 1. The Morgan fingerprint density at radius 2 is 1.94 bits per heavy atom. The van der Waals surface area contributed by atoms with Gasteiger partial charge in [0.1, 0.15) is 0 Å². The highest BCUT2D eigenvalue weighted by Crippen LogP contribution is 2.39. The normalized spacial score (nSPS) is 28.2. The van der Waals surface area contributed by atoms with Crippen LogP contribution in [0, 0.1) is 26.7 Å². The van der Waals surface area contributed by atoms with Gasteiger partial charge in [-0.15, -0.1) is 0 Å². The molecule has 3 nitrogen and oxygen atoms in total. The second-order valence-electron chi connectivity index (χ2n) is 5.83. The molecule has 0 aromatic carbocycles. The van der Waals surface area contributed by atoms with Crippen LogP contribution in [0.15, 0.2) is 0 Å². The van der Waals surface area contributed by atoms with Crippen molar-refractivity contribution < 1.29 is 0 Å². The van der Waals surface area contributed by atoms with E-state index < -0.39 is 0 Å². The van der Waals surface area contributed by atoms with Crippen LogP contribution in [-0.4, -0.2) is 22.4 Å². The zero-order chi connectivity index (χ0) is 12.0. The lowest BCUT2D eigenvalue weighted by Gasteiger charge is -2.37. The quantitative estimate of drug-likeness (QED) is 0.866. The minimum atomic E-state index is 0.647. The van der Waals surface area contributed by atoms with Gasteiger partial charge in [0.15, 0.2) is 0 Å². The second kappa shape index (κ2) is 4.13. The molecule has 0 amide bonds. The summed E-state index contributed by atoms with van der Waals surface area (Å²) >= 11 is 0. The average Bonchev–Trinajstić information content (AvgIpc) is 3.04. The summed E-state index contributed by atoms with van der Waals surface area (Å²) in [6.45, 7) is 7.70. The fourth-order valence-electron chi connectivity index (χ4n) is 2.79. The number of nitrogens with zero attached hydrogens (tertiary/aromatic N) is 2. The maximum atomic E-state index is 4.71. The first kappa shape index (κ1) is 11.3. The van der Waals surface area contributed by atoms with Crippen LogP contribution < -0.4 is 5.32 Å². The van der Waals surface area contributed by atoms with Crippen LogP contribution in [-0.2, 0) is 0 Å². The first-order valence-electron chi connectivity index (χ1n) is 6.92. The summed E-state index contributed by atoms with van der Waals surface area (Å²) in [5, 5.41) is 8.37. The molecule has 17 heavy (non-hydrogen) atoms. The number of aryl methyl sites for hydroxylation is 1. The minimum Gasteiger partial charge on any atom is -0.314 e. The Balaban J connectivity index is 1.68. The lowest BCUT2D eigenvalue weighted by atomic mass is 9.79. The standard InChI is InChI=1S/C14H23N3/c1-9-10(2)16-17(11(9)3)14-7-4-12(14)8-15-13-5-6-13/h12-15H,4-8H2,1-3H3. The molecule has 3 rings (SSSR count). The highest BCUT2D eigenvalue weighted by molar-refractivity contribution is 5.23. The Kier molecular flexibility index (Phi) is 2.74. The SMILES string of the molecule is Cc1nn(C2CCC2CNC2CC2)c(C)c1C. The van der Waals surface area contributed by atoms with E-state index in [-0.39, 0.29) is 0 Å². The van der Waals surface area contributed by atoms with Crippen LogP contribution in [0.2, 0.25) is 0 Å². The third-order valence-electron chi connectivity index (χ3n) is 4.62. The van der Waals surface area contributed by atoms with E-state index in [1.807, 2.05) is 0 Å². The zero-order valence-corrected chi connectivity index (χ0v) is 11.2. The first-order chi connectivity index (χ1) is 8.16. The van der Waals surface area contributed by atoms with Crippen molar-refractivity contribution in [2.24, 2.45) is 5.92 Å². The Morgan fingerprint density at radius 1 is 1.18 bits per heavy atom. The molecule has 2 fully saturated rings. The molecule has 1 heterocycles. The van der Waals surface area contributed by atoms with Crippen molar-refractivity contribution in [2.75, 3.05) is 6.54 Å². The summed E-state index contributed by atoms with van der Waals surface area (Å²) in [4.78, 5) is 0. The molecule has 2 unspecified atom stereocenters. The minimum absolute atomic E-state index is 0.647. The van der Waals surface area contributed by atoms with Crippen LogP contribution in [0.3, 0.4) is 0 Å². The van der Waals surface area contributed by atoms with Crippen molar-refractivity contribution in [1.29, 1.82) is 0 Å². The predicted molar refractivity (Wildman–Crippen MR) is 69.2 cm³/mol.